The number of hydrogen-bond donors (Lipinski definition) is 4. The van der Waals surface area contributed by atoms with E-state index in [1.54, 1.807) is 6.20 Å². The van der Waals surface area contributed by atoms with Crippen molar-refractivity contribution in [1.29, 1.82) is 0 Å². The largest absolute Gasteiger partial charge is 0.478 e. The first-order valence-corrected chi connectivity index (χ1v) is 15.4. The lowest BCUT2D eigenvalue weighted by molar-refractivity contribution is -0.119. The first-order chi connectivity index (χ1) is 22.1. The van der Waals surface area contributed by atoms with Crippen LogP contribution in [-0.4, -0.2) is 49.7 Å². The molecule has 2 heterocycles. The molecule has 5 aromatic rings. The molecule has 5 rings (SSSR count). The van der Waals surface area contributed by atoms with Crippen LogP contribution in [0.1, 0.15) is 40.9 Å². The van der Waals surface area contributed by atoms with E-state index in [-0.39, 0.29) is 30.2 Å². The predicted molar refractivity (Wildman–Crippen MR) is 180 cm³/mol. The second-order valence-corrected chi connectivity index (χ2v) is 11.6. The molecule has 0 fully saturated rings. The molecule has 12 nitrogen and oxygen atoms in total. The van der Waals surface area contributed by atoms with Gasteiger partial charge in [-0.2, -0.15) is 10.1 Å². The third kappa shape index (κ3) is 7.80. The number of aryl methyl sites for hydroxylation is 3. The summed E-state index contributed by atoms with van der Waals surface area (Å²) in [6.07, 6.45) is 2.40. The van der Waals surface area contributed by atoms with Crippen LogP contribution in [0.15, 0.2) is 77.8 Å². The van der Waals surface area contributed by atoms with Crippen LogP contribution in [0.4, 0.5) is 28.8 Å². The Bertz CT molecular complexity index is 1910. The first kappa shape index (κ1) is 32.0. The quantitative estimate of drug-likeness (QED) is 0.117. The molecule has 236 valence electrons. The van der Waals surface area contributed by atoms with Crippen molar-refractivity contribution < 1.29 is 19.5 Å². The summed E-state index contributed by atoms with van der Waals surface area (Å²) in [6.45, 7) is 4.00. The predicted octanol–water partition coefficient (Wildman–Crippen LogP) is 6.12. The van der Waals surface area contributed by atoms with Crippen LogP contribution < -0.4 is 20.3 Å². The number of carbonyl (C=O) groups excluding carboxylic acids is 2. The third-order valence-corrected chi connectivity index (χ3v) is 8.42. The normalized spacial score (nSPS) is 10.9. The fraction of sp³-hybridized carbons (Fsp3) is 0.212. The van der Waals surface area contributed by atoms with Gasteiger partial charge >= 0.3 is 5.97 Å². The van der Waals surface area contributed by atoms with Crippen molar-refractivity contribution in [3.8, 4) is 0 Å². The Morgan fingerprint density at radius 1 is 0.935 bits per heavy atom. The van der Waals surface area contributed by atoms with Gasteiger partial charge in [0.05, 0.1) is 11.1 Å². The second kappa shape index (κ2) is 14.1. The highest BCUT2D eigenvalue weighted by Gasteiger charge is 2.13. The number of nitrogens with zero attached hydrogens (tertiary/aromatic N) is 5. The van der Waals surface area contributed by atoms with E-state index >= 15 is 0 Å². The number of rotatable bonds is 12. The molecule has 0 spiro atoms. The van der Waals surface area contributed by atoms with Crippen molar-refractivity contribution in [2.24, 2.45) is 7.05 Å². The number of nitrogens with one attached hydrogen (secondary N) is 3. The zero-order valence-electron chi connectivity index (χ0n) is 25.9. The molecule has 0 aliphatic rings. The lowest BCUT2D eigenvalue weighted by atomic mass is 10.2. The van der Waals surface area contributed by atoms with E-state index in [1.807, 2.05) is 73.9 Å². The Morgan fingerprint density at radius 2 is 1.67 bits per heavy atom. The summed E-state index contributed by atoms with van der Waals surface area (Å²) >= 11 is 1.21. The number of hydrogen-bond acceptors (Lipinski definition) is 9. The Morgan fingerprint density at radius 3 is 2.43 bits per heavy atom. The summed E-state index contributed by atoms with van der Waals surface area (Å²) in [5, 5.41) is 20.6. The maximum atomic E-state index is 12.5. The number of carboxylic acid groups (broad SMARTS) is 1. The number of carbonyl (C=O) groups is 3. The molecule has 0 aliphatic carbocycles. The molecule has 13 heteroatoms. The number of aromatic nitrogens is 4. The molecular formula is C33H34N8O4S. The summed E-state index contributed by atoms with van der Waals surface area (Å²) in [4.78, 5) is 47.6. The summed E-state index contributed by atoms with van der Waals surface area (Å²) in [7, 11) is 3.88. The highest BCUT2D eigenvalue weighted by Crippen LogP contribution is 2.29. The van der Waals surface area contributed by atoms with Crippen LogP contribution >= 0.6 is 11.9 Å². The lowest BCUT2D eigenvalue weighted by Crippen LogP contribution is -2.17. The molecule has 0 radical (unpaired) electrons. The SMILES string of the molecule is Cc1ccc(Nc2nccc(N(C)c3ccc4c(C)n(C)nc4c3)n2)cc1SNC(=O)CCCC(=O)Nc1ccc(C(=O)O)cc1. The molecule has 3 aromatic carbocycles. The van der Waals surface area contributed by atoms with Gasteiger partial charge in [-0.05, 0) is 98.4 Å². The number of benzene rings is 3. The molecule has 0 bridgehead atoms. The molecule has 2 amide bonds. The van der Waals surface area contributed by atoms with Crippen LogP contribution in [0.25, 0.3) is 10.9 Å². The van der Waals surface area contributed by atoms with Crippen LogP contribution in [0.5, 0.6) is 0 Å². The average Bonchev–Trinajstić information content (AvgIpc) is 3.33. The maximum Gasteiger partial charge on any atom is 0.335 e. The minimum atomic E-state index is -1.03. The zero-order chi connectivity index (χ0) is 32.8. The zero-order valence-corrected chi connectivity index (χ0v) is 26.7. The smallest absolute Gasteiger partial charge is 0.335 e. The number of fused-ring (bicyclic) bond motifs is 1. The van der Waals surface area contributed by atoms with E-state index < -0.39 is 5.97 Å². The van der Waals surface area contributed by atoms with Gasteiger partial charge < -0.3 is 20.6 Å². The molecule has 4 N–H and O–H groups in total. The Kier molecular flexibility index (Phi) is 9.82. The summed E-state index contributed by atoms with van der Waals surface area (Å²) in [6, 6.07) is 19.7. The molecule has 0 unspecified atom stereocenters. The van der Waals surface area contributed by atoms with Gasteiger partial charge in [0.2, 0.25) is 17.8 Å². The topological polar surface area (TPSA) is 154 Å². The summed E-state index contributed by atoms with van der Waals surface area (Å²) < 4.78 is 4.72. The van der Waals surface area contributed by atoms with Gasteiger partial charge in [-0.15, -0.1) is 0 Å². The van der Waals surface area contributed by atoms with Gasteiger partial charge in [-0.3, -0.25) is 19.0 Å². The van der Waals surface area contributed by atoms with E-state index in [4.69, 9.17) is 10.1 Å². The highest BCUT2D eigenvalue weighted by atomic mass is 32.2. The van der Waals surface area contributed by atoms with Gasteiger partial charge in [-0.1, -0.05) is 6.07 Å². The van der Waals surface area contributed by atoms with Gasteiger partial charge in [-0.25, -0.2) is 9.78 Å². The third-order valence-electron chi connectivity index (χ3n) is 7.43. The number of carboxylic acids is 1. The van der Waals surface area contributed by atoms with E-state index in [0.717, 1.165) is 38.4 Å². The molecule has 0 aliphatic heterocycles. The maximum absolute atomic E-state index is 12.5. The molecule has 2 aromatic heterocycles. The monoisotopic (exact) mass is 638 g/mol. The van der Waals surface area contributed by atoms with Crippen molar-refractivity contribution in [1.82, 2.24) is 24.5 Å². The fourth-order valence-corrected chi connectivity index (χ4v) is 5.41. The highest BCUT2D eigenvalue weighted by molar-refractivity contribution is 7.98. The Hall–Kier alpha value is -5.43. The van der Waals surface area contributed by atoms with Crippen molar-refractivity contribution >= 4 is 69.5 Å². The standard InChI is InChI=1S/C33H34N8O4S/c1-20-8-11-24(18-28(20)46-39-31(43)7-5-6-30(42)35-23-12-9-22(10-13-23)32(44)45)36-33-34-17-16-29(37-33)40(3)25-14-15-26-21(2)41(4)38-27(26)19-25/h8-19H,5-7H2,1-4H3,(H,35,42)(H,39,43)(H,44,45)(H,34,36,37). The molecule has 46 heavy (non-hydrogen) atoms. The van der Waals surface area contributed by atoms with Crippen LogP contribution in [-0.2, 0) is 16.6 Å². The summed E-state index contributed by atoms with van der Waals surface area (Å²) in [5.74, 6) is -0.338. The minimum Gasteiger partial charge on any atom is -0.478 e. The summed E-state index contributed by atoms with van der Waals surface area (Å²) in [5.41, 5.74) is 5.37. The van der Waals surface area contributed by atoms with Crippen LogP contribution in [0.2, 0.25) is 0 Å². The Balaban J connectivity index is 1.13. The number of anilines is 5. The Labute approximate surface area is 270 Å². The molecular weight excluding hydrogens is 604 g/mol. The van der Waals surface area contributed by atoms with Crippen molar-refractivity contribution in [3.63, 3.8) is 0 Å². The molecule has 0 atom stereocenters. The van der Waals surface area contributed by atoms with E-state index in [9.17, 15) is 14.4 Å². The van der Waals surface area contributed by atoms with Crippen molar-refractivity contribution in [2.75, 3.05) is 22.6 Å². The van der Waals surface area contributed by atoms with Gasteiger partial charge in [0, 0.05) is 66.2 Å². The van der Waals surface area contributed by atoms with Gasteiger partial charge in [0.25, 0.3) is 0 Å². The fourth-order valence-electron chi connectivity index (χ4n) is 4.67. The van der Waals surface area contributed by atoms with E-state index in [1.165, 1.54) is 36.2 Å². The van der Waals surface area contributed by atoms with Crippen LogP contribution in [0.3, 0.4) is 0 Å². The second-order valence-electron chi connectivity index (χ2n) is 10.7. The molecule has 0 saturated heterocycles. The van der Waals surface area contributed by atoms with Crippen molar-refractivity contribution in [3.05, 3.63) is 89.7 Å². The number of amides is 2. The van der Waals surface area contributed by atoms with Gasteiger partial charge in [0.1, 0.15) is 5.82 Å². The first-order valence-electron chi connectivity index (χ1n) is 14.5. The van der Waals surface area contributed by atoms with E-state index in [0.29, 0.717) is 23.9 Å². The van der Waals surface area contributed by atoms with Gasteiger partial charge in [0.15, 0.2) is 0 Å². The van der Waals surface area contributed by atoms with Crippen molar-refractivity contribution in [2.45, 2.75) is 38.0 Å². The lowest BCUT2D eigenvalue weighted by Gasteiger charge is -2.19. The number of aromatic carboxylic acids is 1. The van der Waals surface area contributed by atoms with Crippen LogP contribution in [0, 0.1) is 13.8 Å². The minimum absolute atomic E-state index is 0.139. The molecule has 0 saturated carbocycles. The van der Waals surface area contributed by atoms with E-state index in [2.05, 4.69) is 31.5 Å². The average molecular weight is 639 g/mol.